The molecule has 18 heavy (non-hydrogen) atoms. The minimum atomic E-state index is -3.75. The third-order valence-electron chi connectivity index (χ3n) is 2.82. The van der Waals surface area contributed by atoms with Crippen LogP contribution in [0.3, 0.4) is 0 Å². The SMILES string of the molecule is CCC(CC)NC(=O)c1csc(S(N)(=O)=O)c1C. The molecule has 0 unspecified atom stereocenters. The van der Waals surface area contributed by atoms with Gasteiger partial charge >= 0.3 is 0 Å². The van der Waals surface area contributed by atoms with E-state index in [2.05, 4.69) is 5.32 Å². The standard InChI is InChI=1S/C11H18N2O3S2/c1-4-8(5-2)13-10(14)9-6-17-11(7(9)3)18(12,15)16/h6,8H,4-5H2,1-3H3,(H,13,14)(H2,12,15,16). The van der Waals surface area contributed by atoms with Gasteiger partial charge in [0.05, 0.1) is 5.56 Å². The summed E-state index contributed by atoms with van der Waals surface area (Å²) in [7, 11) is -3.75. The predicted molar refractivity (Wildman–Crippen MR) is 72.3 cm³/mol. The fourth-order valence-corrected chi connectivity index (χ4v) is 3.67. The fourth-order valence-electron chi connectivity index (χ4n) is 1.66. The lowest BCUT2D eigenvalue weighted by Gasteiger charge is -2.14. The summed E-state index contributed by atoms with van der Waals surface area (Å²) in [4.78, 5) is 12.0. The maximum Gasteiger partial charge on any atom is 0.252 e. The minimum Gasteiger partial charge on any atom is -0.349 e. The lowest BCUT2D eigenvalue weighted by Crippen LogP contribution is -2.34. The first-order chi connectivity index (χ1) is 8.31. The van der Waals surface area contributed by atoms with Gasteiger partial charge < -0.3 is 5.32 Å². The highest BCUT2D eigenvalue weighted by Gasteiger charge is 2.21. The summed E-state index contributed by atoms with van der Waals surface area (Å²) in [6.07, 6.45) is 1.68. The molecular weight excluding hydrogens is 272 g/mol. The van der Waals surface area contributed by atoms with Crippen molar-refractivity contribution in [1.82, 2.24) is 5.32 Å². The van der Waals surface area contributed by atoms with Crippen molar-refractivity contribution in [2.75, 3.05) is 0 Å². The van der Waals surface area contributed by atoms with Crippen LogP contribution in [-0.2, 0) is 10.0 Å². The molecule has 7 heteroatoms. The normalized spacial score (nSPS) is 11.8. The third-order valence-corrected chi connectivity index (χ3v) is 5.50. The number of nitrogens with two attached hydrogens (primary N) is 1. The first kappa shape index (κ1) is 15.1. The monoisotopic (exact) mass is 290 g/mol. The highest BCUT2D eigenvalue weighted by atomic mass is 32.2. The van der Waals surface area contributed by atoms with Gasteiger partial charge in [0.1, 0.15) is 4.21 Å². The van der Waals surface area contributed by atoms with Crippen LogP contribution in [0.25, 0.3) is 0 Å². The number of sulfonamides is 1. The van der Waals surface area contributed by atoms with Gasteiger partial charge in [-0.15, -0.1) is 11.3 Å². The molecule has 0 aliphatic carbocycles. The zero-order valence-electron chi connectivity index (χ0n) is 10.7. The van der Waals surface area contributed by atoms with Crippen LogP contribution >= 0.6 is 11.3 Å². The first-order valence-corrected chi connectivity index (χ1v) is 8.15. The average Bonchev–Trinajstić information content (AvgIpc) is 2.67. The quantitative estimate of drug-likeness (QED) is 0.863. The van der Waals surface area contributed by atoms with Crippen molar-refractivity contribution in [2.24, 2.45) is 5.14 Å². The second-order valence-corrected chi connectivity index (χ2v) is 6.73. The Morgan fingerprint density at radius 1 is 1.44 bits per heavy atom. The molecule has 1 rings (SSSR count). The van der Waals surface area contributed by atoms with Crippen LogP contribution in [0.5, 0.6) is 0 Å². The van der Waals surface area contributed by atoms with Crippen LogP contribution in [0.15, 0.2) is 9.59 Å². The molecule has 1 amide bonds. The number of rotatable bonds is 5. The summed E-state index contributed by atoms with van der Waals surface area (Å²) in [6, 6.07) is 0.106. The number of hydrogen-bond donors (Lipinski definition) is 2. The van der Waals surface area contributed by atoms with E-state index in [4.69, 9.17) is 5.14 Å². The second kappa shape index (κ2) is 5.81. The zero-order valence-corrected chi connectivity index (χ0v) is 12.3. The zero-order chi connectivity index (χ0) is 13.9. The van der Waals surface area contributed by atoms with E-state index in [-0.39, 0.29) is 16.2 Å². The van der Waals surface area contributed by atoms with Crippen molar-refractivity contribution in [3.63, 3.8) is 0 Å². The Morgan fingerprint density at radius 2 is 2.00 bits per heavy atom. The van der Waals surface area contributed by atoms with Crippen LogP contribution in [0.4, 0.5) is 0 Å². The van der Waals surface area contributed by atoms with Gasteiger partial charge in [0.15, 0.2) is 0 Å². The molecule has 0 aliphatic heterocycles. The Balaban J connectivity index is 2.99. The second-order valence-electron chi connectivity index (χ2n) is 4.09. The molecule has 1 heterocycles. The smallest absolute Gasteiger partial charge is 0.252 e. The summed E-state index contributed by atoms with van der Waals surface area (Å²) in [5.74, 6) is -0.243. The number of hydrogen-bond acceptors (Lipinski definition) is 4. The van der Waals surface area contributed by atoms with Crippen LogP contribution in [-0.4, -0.2) is 20.4 Å². The molecule has 0 atom stereocenters. The molecule has 0 saturated carbocycles. The van der Waals surface area contributed by atoms with Gasteiger partial charge in [-0.2, -0.15) is 0 Å². The third kappa shape index (κ3) is 3.30. The van der Waals surface area contributed by atoms with Crippen molar-refractivity contribution in [3.05, 3.63) is 16.5 Å². The predicted octanol–water partition coefficient (Wildman–Crippen LogP) is 1.62. The number of thiophene rings is 1. The highest BCUT2D eigenvalue weighted by molar-refractivity contribution is 7.91. The molecule has 1 aromatic rings. The molecular formula is C11H18N2O3S2. The molecule has 0 radical (unpaired) electrons. The van der Waals surface area contributed by atoms with Gasteiger partial charge in [0.2, 0.25) is 10.0 Å². The average molecular weight is 290 g/mol. The largest absolute Gasteiger partial charge is 0.349 e. The van der Waals surface area contributed by atoms with Crippen molar-refractivity contribution in [1.29, 1.82) is 0 Å². The van der Waals surface area contributed by atoms with Crippen molar-refractivity contribution >= 4 is 27.3 Å². The van der Waals surface area contributed by atoms with Crippen molar-refractivity contribution in [3.8, 4) is 0 Å². The van der Waals surface area contributed by atoms with Gasteiger partial charge in [-0.1, -0.05) is 13.8 Å². The number of primary sulfonamides is 1. The van der Waals surface area contributed by atoms with Crippen LogP contribution in [0, 0.1) is 6.92 Å². The first-order valence-electron chi connectivity index (χ1n) is 5.73. The Hall–Kier alpha value is -0.920. The van der Waals surface area contributed by atoms with Gasteiger partial charge in [-0.05, 0) is 25.3 Å². The van der Waals surface area contributed by atoms with Gasteiger partial charge in [0, 0.05) is 11.4 Å². The highest BCUT2D eigenvalue weighted by Crippen LogP contribution is 2.25. The number of nitrogens with one attached hydrogen (secondary N) is 1. The molecule has 0 aliphatic rings. The maximum absolute atomic E-state index is 12.0. The van der Waals surface area contributed by atoms with Gasteiger partial charge in [0.25, 0.3) is 5.91 Å². The Labute approximate surface area is 111 Å². The van der Waals surface area contributed by atoms with Crippen molar-refractivity contribution in [2.45, 2.75) is 43.9 Å². The van der Waals surface area contributed by atoms with Crippen LogP contribution in [0.2, 0.25) is 0 Å². The number of amides is 1. The van der Waals surface area contributed by atoms with Gasteiger partial charge in [-0.3, -0.25) is 4.79 Å². The maximum atomic E-state index is 12.0. The summed E-state index contributed by atoms with van der Waals surface area (Å²) >= 11 is 0.980. The molecule has 1 aromatic heterocycles. The Morgan fingerprint density at radius 3 is 2.39 bits per heavy atom. The van der Waals surface area contributed by atoms with E-state index in [1.54, 1.807) is 6.92 Å². The molecule has 0 saturated heterocycles. The molecule has 5 nitrogen and oxygen atoms in total. The molecule has 102 valence electrons. The topological polar surface area (TPSA) is 89.3 Å². The summed E-state index contributed by atoms with van der Waals surface area (Å²) in [5.41, 5.74) is 0.807. The van der Waals surface area contributed by atoms with E-state index in [1.807, 2.05) is 13.8 Å². The van der Waals surface area contributed by atoms with E-state index in [1.165, 1.54) is 5.38 Å². The Bertz CT molecular complexity index is 530. The lowest BCUT2D eigenvalue weighted by atomic mass is 10.1. The van der Waals surface area contributed by atoms with Crippen molar-refractivity contribution < 1.29 is 13.2 Å². The summed E-state index contributed by atoms with van der Waals surface area (Å²) < 4.78 is 22.6. The van der Waals surface area contributed by atoms with Crippen LogP contribution in [0.1, 0.15) is 42.6 Å². The Kier molecular flexibility index (Phi) is 4.89. The number of carbonyl (C=O) groups is 1. The van der Waals surface area contributed by atoms with Gasteiger partial charge in [-0.25, -0.2) is 13.6 Å². The van der Waals surface area contributed by atoms with E-state index in [0.717, 1.165) is 24.2 Å². The molecule has 0 fully saturated rings. The molecule has 3 N–H and O–H groups in total. The fraction of sp³-hybridized carbons (Fsp3) is 0.545. The van der Waals surface area contributed by atoms with Crippen LogP contribution < -0.4 is 10.5 Å². The van der Waals surface area contributed by atoms with E-state index >= 15 is 0 Å². The summed E-state index contributed by atoms with van der Waals surface area (Å²) in [6.45, 7) is 5.58. The molecule has 0 spiro atoms. The van der Waals surface area contributed by atoms with E-state index in [9.17, 15) is 13.2 Å². The minimum absolute atomic E-state index is 0.0530. The van der Waals surface area contributed by atoms with E-state index < -0.39 is 10.0 Å². The summed E-state index contributed by atoms with van der Waals surface area (Å²) in [5, 5.41) is 9.48. The molecule has 0 aromatic carbocycles. The molecule has 0 bridgehead atoms. The number of carbonyl (C=O) groups excluding carboxylic acids is 1. The van der Waals surface area contributed by atoms with E-state index in [0.29, 0.717) is 11.1 Å². The lowest BCUT2D eigenvalue weighted by molar-refractivity contribution is 0.0934.